The summed E-state index contributed by atoms with van der Waals surface area (Å²) in [6.45, 7) is 2.61. The monoisotopic (exact) mass is 372 g/mol. The summed E-state index contributed by atoms with van der Waals surface area (Å²) in [5, 5.41) is 4.49. The Kier molecular flexibility index (Phi) is 5.32. The van der Waals surface area contributed by atoms with E-state index in [1.165, 1.54) is 18.5 Å². The number of hydrogen-bond donors (Lipinski definition) is 2. The molecule has 2 aromatic heterocycles. The van der Waals surface area contributed by atoms with Crippen molar-refractivity contribution in [1.29, 1.82) is 0 Å². The third-order valence-corrected chi connectivity index (χ3v) is 5.40. The summed E-state index contributed by atoms with van der Waals surface area (Å²) in [4.78, 5) is 43.1. The SMILES string of the molecule is CC1CCC(c2cccs2)N(C(=O)C(=O)Nc2cncc(C(N)=O)c2)C1. The van der Waals surface area contributed by atoms with Crippen LogP contribution in [0.3, 0.4) is 0 Å². The topological polar surface area (TPSA) is 105 Å². The van der Waals surface area contributed by atoms with Gasteiger partial charge in [-0.2, -0.15) is 0 Å². The van der Waals surface area contributed by atoms with Gasteiger partial charge in [-0.3, -0.25) is 19.4 Å². The Morgan fingerprint density at radius 3 is 2.81 bits per heavy atom. The van der Waals surface area contributed by atoms with Crippen LogP contribution in [0.4, 0.5) is 5.69 Å². The van der Waals surface area contributed by atoms with E-state index in [0.29, 0.717) is 12.5 Å². The molecule has 26 heavy (non-hydrogen) atoms. The first-order valence-electron chi connectivity index (χ1n) is 8.36. The first kappa shape index (κ1) is 18.1. The summed E-state index contributed by atoms with van der Waals surface area (Å²) in [7, 11) is 0. The lowest BCUT2D eigenvalue weighted by molar-refractivity contribution is -0.146. The second kappa shape index (κ2) is 7.65. The summed E-state index contributed by atoms with van der Waals surface area (Å²) >= 11 is 1.59. The lowest BCUT2D eigenvalue weighted by atomic mass is 9.93. The molecule has 3 amide bonds. The van der Waals surface area contributed by atoms with Gasteiger partial charge in [0.25, 0.3) is 0 Å². The lowest BCUT2D eigenvalue weighted by Gasteiger charge is -2.37. The van der Waals surface area contributed by atoms with E-state index in [9.17, 15) is 14.4 Å². The van der Waals surface area contributed by atoms with Gasteiger partial charge in [0, 0.05) is 17.6 Å². The number of anilines is 1. The van der Waals surface area contributed by atoms with Crippen LogP contribution in [-0.4, -0.2) is 34.2 Å². The number of pyridine rings is 1. The normalized spacial score (nSPS) is 19.8. The average Bonchev–Trinajstić information content (AvgIpc) is 3.15. The molecule has 0 radical (unpaired) electrons. The van der Waals surface area contributed by atoms with Gasteiger partial charge in [-0.05, 0) is 36.3 Å². The summed E-state index contributed by atoms with van der Waals surface area (Å²) in [6, 6.07) is 5.25. The van der Waals surface area contributed by atoms with Gasteiger partial charge in [-0.15, -0.1) is 11.3 Å². The number of nitrogens with zero attached hydrogens (tertiary/aromatic N) is 2. The summed E-state index contributed by atoms with van der Waals surface area (Å²) < 4.78 is 0. The van der Waals surface area contributed by atoms with Gasteiger partial charge >= 0.3 is 11.8 Å². The summed E-state index contributed by atoms with van der Waals surface area (Å²) in [6.07, 6.45) is 4.52. The van der Waals surface area contributed by atoms with Gasteiger partial charge in [0.05, 0.1) is 23.5 Å². The van der Waals surface area contributed by atoms with Crippen molar-refractivity contribution in [3.8, 4) is 0 Å². The van der Waals surface area contributed by atoms with Crippen LogP contribution in [0.25, 0.3) is 0 Å². The Morgan fingerprint density at radius 1 is 1.31 bits per heavy atom. The van der Waals surface area contributed by atoms with Gasteiger partial charge in [0.2, 0.25) is 5.91 Å². The van der Waals surface area contributed by atoms with Crippen molar-refractivity contribution >= 4 is 34.7 Å². The van der Waals surface area contributed by atoms with E-state index < -0.39 is 17.7 Å². The molecule has 136 valence electrons. The third kappa shape index (κ3) is 3.91. The van der Waals surface area contributed by atoms with Crippen molar-refractivity contribution in [3.63, 3.8) is 0 Å². The zero-order chi connectivity index (χ0) is 18.7. The lowest BCUT2D eigenvalue weighted by Crippen LogP contribution is -2.46. The Morgan fingerprint density at radius 2 is 2.12 bits per heavy atom. The highest BCUT2D eigenvalue weighted by molar-refractivity contribution is 7.10. The number of amides is 3. The quantitative estimate of drug-likeness (QED) is 0.806. The van der Waals surface area contributed by atoms with Crippen molar-refractivity contribution in [2.45, 2.75) is 25.8 Å². The van der Waals surface area contributed by atoms with Gasteiger partial charge in [0.15, 0.2) is 0 Å². The predicted octanol–water partition coefficient (Wildman–Crippen LogP) is 2.18. The Hall–Kier alpha value is -2.74. The number of piperidine rings is 1. The van der Waals surface area contributed by atoms with Crippen LogP contribution in [0.15, 0.2) is 36.0 Å². The molecule has 3 rings (SSSR count). The Labute approximate surface area is 155 Å². The van der Waals surface area contributed by atoms with E-state index in [0.717, 1.165) is 17.7 Å². The average molecular weight is 372 g/mol. The van der Waals surface area contributed by atoms with Crippen molar-refractivity contribution in [3.05, 3.63) is 46.4 Å². The molecule has 2 atom stereocenters. The van der Waals surface area contributed by atoms with Crippen LogP contribution in [0.2, 0.25) is 0 Å². The molecule has 0 aliphatic carbocycles. The zero-order valence-corrected chi connectivity index (χ0v) is 15.2. The van der Waals surface area contributed by atoms with E-state index in [-0.39, 0.29) is 17.3 Å². The molecular formula is C18H20N4O3S. The standard InChI is InChI=1S/C18H20N4O3S/c1-11-4-5-14(15-3-2-6-26-15)22(10-11)18(25)17(24)21-13-7-12(16(19)23)8-20-9-13/h2-3,6-9,11,14H,4-5,10H2,1H3,(H2,19,23)(H,21,24). The first-order valence-corrected chi connectivity index (χ1v) is 9.24. The maximum absolute atomic E-state index is 12.8. The highest BCUT2D eigenvalue weighted by atomic mass is 32.1. The van der Waals surface area contributed by atoms with E-state index in [2.05, 4.69) is 17.2 Å². The molecule has 2 aromatic rings. The van der Waals surface area contributed by atoms with Crippen LogP contribution in [0.5, 0.6) is 0 Å². The maximum atomic E-state index is 12.8. The van der Waals surface area contributed by atoms with E-state index in [1.807, 2.05) is 17.5 Å². The van der Waals surface area contributed by atoms with Gasteiger partial charge in [-0.25, -0.2) is 0 Å². The maximum Gasteiger partial charge on any atom is 0.313 e. The molecule has 1 aliphatic heterocycles. The van der Waals surface area contributed by atoms with Crippen molar-refractivity contribution < 1.29 is 14.4 Å². The number of thiophene rings is 1. The smallest absolute Gasteiger partial charge is 0.313 e. The number of nitrogens with two attached hydrogens (primary N) is 1. The number of nitrogens with one attached hydrogen (secondary N) is 1. The van der Waals surface area contributed by atoms with Crippen molar-refractivity contribution in [2.24, 2.45) is 11.7 Å². The molecule has 0 spiro atoms. The predicted molar refractivity (Wildman–Crippen MR) is 98.6 cm³/mol. The molecule has 3 heterocycles. The number of likely N-dealkylation sites (tertiary alicyclic amines) is 1. The fourth-order valence-corrected chi connectivity index (χ4v) is 3.99. The molecule has 8 heteroatoms. The van der Waals surface area contributed by atoms with E-state index in [4.69, 9.17) is 5.73 Å². The highest BCUT2D eigenvalue weighted by Gasteiger charge is 2.34. The number of primary amides is 1. The van der Waals surface area contributed by atoms with Crippen LogP contribution < -0.4 is 11.1 Å². The molecule has 2 unspecified atom stereocenters. The molecule has 1 fully saturated rings. The largest absolute Gasteiger partial charge is 0.366 e. The van der Waals surface area contributed by atoms with Gasteiger partial charge in [-0.1, -0.05) is 13.0 Å². The first-order chi connectivity index (χ1) is 12.5. The van der Waals surface area contributed by atoms with Crippen molar-refractivity contribution in [1.82, 2.24) is 9.88 Å². The Bertz CT molecular complexity index is 822. The van der Waals surface area contributed by atoms with Crippen molar-refractivity contribution in [2.75, 3.05) is 11.9 Å². The zero-order valence-electron chi connectivity index (χ0n) is 14.3. The van der Waals surface area contributed by atoms with Gasteiger partial charge < -0.3 is 16.0 Å². The molecule has 3 N–H and O–H groups in total. The highest BCUT2D eigenvalue weighted by Crippen LogP contribution is 2.35. The molecule has 1 saturated heterocycles. The molecule has 0 saturated carbocycles. The van der Waals surface area contributed by atoms with Gasteiger partial charge in [0.1, 0.15) is 0 Å². The molecule has 7 nitrogen and oxygen atoms in total. The van der Waals surface area contributed by atoms with Crippen LogP contribution >= 0.6 is 11.3 Å². The fourth-order valence-electron chi connectivity index (χ4n) is 3.11. The fraction of sp³-hybridized carbons (Fsp3) is 0.333. The number of carbonyl (C=O) groups excluding carboxylic acids is 3. The van der Waals surface area contributed by atoms with E-state index >= 15 is 0 Å². The van der Waals surface area contributed by atoms with E-state index in [1.54, 1.807) is 16.2 Å². The molecule has 0 aromatic carbocycles. The molecular weight excluding hydrogens is 352 g/mol. The minimum Gasteiger partial charge on any atom is -0.366 e. The second-order valence-electron chi connectivity index (χ2n) is 6.45. The Balaban J connectivity index is 1.76. The van der Waals surface area contributed by atoms with Crippen LogP contribution in [0.1, 0.15) is 41.0 Å². The summed E-state index contributed by atoms with van der Waals surface area (Å²) in [5.41, 5.74) is 5.64. The number of carbonyl (C=O) groups is 3. The second-order valence-corrected chi connectivity index (χ2v) is 7.43. The van der Waals surface area contributed by atoms with Crippen LogP contribution in [-0.2, 0) is 9.59 Å². The minimum atomic E-state index is -0.746. The number of hydrogen-bond acceptors (Lipinski definition) is 5. The van der Waals surface area contributed by atoms with Crippen LogP contribution in [0, 0.1) is 5.92 Å². The number of rotatable bonds is 3. The molecule has 0 bridgehead atoms. The molecule has 1 aliphatic rings. The number of aromatic nitrogens is 1. The third-order valence-electron chi connectivity index (χ3n) is 4.42. The summed E-state index contributed by atoms with van der Waals surface area (Å²) in [5.74, 6) is -1.64. The minimum absolute atomic E-state index is 0.0838.